The van der Waals surface area contributed by atoms with Gasteiger partial charge in [-0.15, -0.1) is 0 Å². The summed E-state index contributed by atoms with van der Waals surface area (Å²) < 4.78 is 0. The van der Waals surface area contributed by atoms with E-state index in [4.69, 9.17) is 0 Å². The summed E-state index contributed by atoms with van der Waals surface area (Å²) in [5.74, 6) is 0.239. The van der Waals surface area contributed by atoms with Crippen molar-refractivity contribution in [2.45, 2.75) is 33.2 Å². The fourth-order valence-corrected chi connectivity index (χ4v) is 1.88. The second kappa shape index (κ2) is 6.40. The van der Waals surface area contributed by atoms with Crippen molar-refractivity contribution in [1.29, 1.82) is 0 Å². The minimum atomic E-state index is -0.261. The first kappa shape index (κ1) is 14.5. The quantitative estimate of drug-likeness (QED) is 0.748. The van der Waals surface area contributed by atoms with Crippen LogP contribution in [0.25, 0.3) is 0 Å². The second-order valence-corrected chi connectivity index (χ2v) is 4.93. The average molecular weight is 251 g/mol. The van der Waals surface area contributed by atoms with E-state index in [9.17, 15) is 15.0 Å². The zero-order chi connectivity index (χ0) is 13.7. The third-order valence-corrected chi connectivity index (χ3v) is 2.86. The molecule has 3 N–H and O–H groups in total. The molecule has 18 heavy (non-hydrogen) atoms. The van der Waals surface area contributed by atoms with E-state index < -0.39 is 0 Å². The Labute approximate surface area is 108 Å². The minimum absolute atomic E-state index is 0.0816. The van der Waals surface area contributed by atoms with Gasteiger partial charge in [0.1, 0.15) is 5.75 Å². The van der Waals surface area contributed by atoms with Gasteiger partial charge in [0.15, 0.2) is 0 Å². The van der Waals surface area contributed by atoms with E-state index in [1.165, 1.54) is 0 Å². The molecule has 1 atom stereocenters. The van der Waals surface area contributed by atoms with Crippen LogP contribution >= 0.6 is 0 Å². The predicted octanol–water partition coefficient (Wildman–Crippen LogP) is 1.84. The zero-order valence-corrected chi connectivity index (χ0v) is 11.1. The molecule has 1 unspecified atom stereocenters. The van der Waals surface area contributed by atoms with Crippen molar-refractivity contribution in [3.05, 3.63) is 29.3 Å². The molecule has 1 aromatic rings. The van der Waals surface area contributed by atoms with Gasteiger partial charge in [-0.3, -0.25) is 4.79 Å². The molecule has 1 amide bonds. The van der Waals surface area contributed by atoms with Gasteiger partial charge in [-0.2, -0.15) is 0 Å². The lowest BCUT2D eigenvalue weighted by Crippen LogP contribution is -2.38. The smallest absolute Gasteiger partial charge is 0.251 e. The summed E-state index contributed by atoms with van der Waals surface area (Å²) in [4.78, 5) is 12.0. The van der Waals surface area contributed by atoms with Crippen LogP contribution in [0, 0.1) is 12.8 Å². The van der Waals surface area contributed by atoms with Gasteiger partial charge in [-0.25, -0.2) is 0 Å². The normalized spacial score (nSPS) is 12.5. The number of carbonyl (C=O) groups excluding carboxylic acids is 1. The Hall–Kier alpha value is -1.55. The molecule has 0 aromatic heterocycles. The maximum absolute atomic E-state index is 12.0. The first-order chi connectivity index (χ1) is 8.45. The van der Waals surface area contributed by atoms with E-state index in [0.717, 1.165) is 6.42 Å². The molecule has 0 spiro atoms. The van der Waals surface area contributed by atoms with E-state index in [1.54, 1.807) is 25.1 Å². The Bertz CT molecular complexity index is 416. The van der Waals surface area contributed by atoms with Crippen LogP contribution in [0.1, 0.15) is 36.2 Å². The number of hydrogen-bond donors (Lipinski definition) is 3. The molecule has 4 nitrogen and oxygen atoms in total. The van der Waals surface area contributed by atoms with Crippen LogP contribution in [-0.2, 0) is 0 Å². The Balaban J connectivity index is 2.78. The fraction of sp³-hybridized carbons (Fsp3) is 0.500. The van der Waals surface area contributed by atoms with Gasteiger partial charge in [0.2, 0.25) is 0 Å². The molecule has 1 rings (SSSR count). The number of rotatable bonds is 5. The highest BCUT2D eigenvalue weighted by Crippen LogP contribution is 2.19. The van der Waals surface area contributed by atoms with Crippen LogP contribution in [0.3, 0.4) is 0 Å². The van der Waals surface area contributed by atoms with E-state index in [2.05, 4.69) is 5.32 Å². The Morgan fingerprint density at radius 1 is 1.39 bits per heavy atom. The second-order valence-electron chi connectivity index (χ2n) is 4.93. The van der Waals surface area contributed by atoms with Crippen LogP contribution in [0.2, 0.25) is 0 Å². The van der Waals surface area contributed by atoms with E-state index in [-0.39, 0.29) is 24.3 Å². The lowest BCUT2D eigenvalue weighted by molar-refractivity contribution is 0.0907. The van der Waals surface area contributed by atoms with Crippen molar-refractivity contribution >= 4 is 5.91 Å². The Morgan fingerprint density at radius 3 is 2.61 bits per heavy atom. The van der Waals surface area contributed by atoms with Crippen molar-refractivity contribution in [3.8, 4) is 5.75 Å². The van der Waals surface area contributed by atoms with Crippen molar-refractivity contribution in [3.63, 3.8) is 0 Å². The molecule has 0 aliphatic carbocycles. The number of phenolic OH excluding ortho intramolecular Hbond substituents is 1. The molecule has 0 saturated carbocycles. The molecule has 100 valence electrons. The first-order valence-electron chi connectivity index (χ1n) is 6.16. The molecule has 0 radical (unpaired) electrons. The van der Waals surface area contributed by atoms with E-state index in [1.807, 2.05) is 13.8 Å². The molecular formula is C14H21NO3. The number of aliphatic hydroxyl groups excluding tert-OH is 1. The summed E-state index contributed by atoms with van der Waals surface area (Å²) in [6.07, 6.45) is 0.722. The van der Waals surface area contributed by atoms with Crippen molar-refractivity contribution in [1.82, 2.24) is 5.32 Å². The molecule has 0 saturated heterocycles. The molecule has 0 heterocycles. The topological polar surface area (TPSA) is 69.6 Å². The average Bonchev–Trinajstić information content (AvgIpc) is 2.31. The third kappa shape index (κ3) is 3.74. The molecule has 0 aliphatic heterocycles. The summed E-state index contributed by atoms with van der Waals surface area (Å²) in [6.45, 7) is 5.69. The van der Waals surface area contributed by atoms with Crippen molar-refractivity contribution in [2.75, 3.05) is 6.61 Å². The zero-order valence-electron chi connectivity index (χ0n) is 11.1. The lowest BCUT2D eigenvalue weighted by atomic mass is 10.0. The monoisotopic (exact) mass is 251 g/mol. The highest BCUT2D eigenvalue weighted by atomic mass is 16.3. The highest BCUT2D eigenvalue weighted by Gasteiger charge is 2.16. The number of aromatic hydroxyl groups is 1. The van der Waals surface area contributed by atoms with E-state index in [0.29, 0.717) is 17.0 Å². The maximum atomic E-state index is 12.0. The first-order valence-corrected chi connectivity index (χ1v) is 6.16. The molecular weight excluding hydrogens is 230 g/mol. The SMILES string of the molecule is Cc1c(O)cccc1C(=O)NC(CO)CC(C)C. The van der Waals surface area contributed by atoms with Gasteiger partial charge in [0.25, 0.3) is 5.91 Å². The van der Waals surface area contributed by atoms with Crippen LogP contribution in [0.5, 0.6) is 5.75 Å². The van der Waals surface area contributed by atoms with E-state index >= 15 is 0 Å². The standard InChI is InChI=1S/C14H21NO3/c1-9(2)7-11(8-16)15-14(18)12-5-4-6-13(17)10(12)3/h4-6,9,11,16-17H,7-8H2,1-3H3,(H,15,18). The fourth-order valence-electron chi connectivity index (χ4n) is 1.88. The number of amides is 1. The molecule has 0 fully saturated rings. The van der Waals surface area contributed by atoms with Gasteiger partial charge in [0.05, 0.1) is 12.6 Å². The minimum Gasteiger partial charge on any atom is -0.508 e. The van der Waals surface area contributed by atoms with Crippen LogP contribution in [0.4, 0.5) is 0 Å². The van der Waals surface area contributed by atoms with Gasteiger partial charge in [-0.1, -0.05) is 19.9 Å². The number of aliphatic hydroxyl groups is 1. The summed E-state index contributed by atoms with van der Waals surface area (Å²) in [6, 6.07) is 4.59. The number of carbonyl (C=O) groups is 1. The summed E-state index contributed by atoms with van der Waals surface area (Å²) in [5, 5.41) is 21.6. The van der Waals surface area contributed by atoms with Gasteiger partial charge in [0, 0.05) is 11.1 Å². The molecule has 4 heteroatoms. The van der Waals surface area contributed by atoms with Crippen LogP contribution < -0.4 is 5.32 Å². The Kier molecular flexibility index (Phi) is 5.16. The number of nitrogens with one attached hydrogen (secondary N) is 1. The van der Waals surface area contributed by atoms with Gasteiger partial charge in [-0.05, 0) is 31.4 Å². The summed E-state index contributed by atoms with van der Waals surface area (Å²) in [7, 11) is 0. The summed E-state index contributed by atoms with van der Waals surface area (Å²) >= 11 is 0. The largest absolute Gasteiger partial charge is 0.508 e. The van der Waals surface area contributed by atoms with Crippen LogP contribution in [0.15, 0.2) is 18.2 Å². The van der Waals surface area contributed by atoms with Crippen molar-refractivity contribution < 1.29 is 15.0 Å². The lowest BCUT2D eigenvalue weighted by Gasteiger charge is -2.19. The van der Waals surface area contributed by atoms with Crippen LogP contribution in [-0.4, -0.2) is 28.8 Å². The molecule has 0 bridgehead atoms. The van der Waals surface area contributed by atoms with Gasteiger partial charge >= 0.3 is 0 Å². The predicted molar refractivity (Wildman–Crippen MR) is 70.6 cm³/mol. The number of benzene rings is 1. The number of hydrogen-bond acceptors (Lipinski definition) is 3. The van der Waals surface area contributed by atoms with Crippen molar-refractivity contribution in [2.24, 2.45) is 5.92 Å². The molecule has 1 aromatic carbocycles. The highest BCUT2D eigenvalue weighted by molar-refractivity contribution is 5.96. The maximum Gasteiger partial charge on any atom is 0.251 e. The Morgan fingerprint density at radius 2 is 2.06 bits per heavy atom. The summed E-state index contributed by atoms with van der Waals surface area (Å²) in [5.41, 5.74) is 0.994. The third-order valence-electron chi connectivity index (χ3n) is 2.86. The van der Waals surface area contributed by atoms with Gasteiger partial charge < -0.3 is 15.5 Å². The number of phenols is 1. The molecule has 0 aliphatic rings.